The van der Waals surface area contributed by atoms with Crippen molar-refractivity contribution in [3.8, 4) is 0 Å². The van der Waals surface area contributed by atoms with Gasteiger partial charge in [0.1, 0.15) is 0 Å². The Labute approximate surface area is 234 Å². The Morgan fingerprint density at radius 1 is 0.692 bits per heavy atom. The smallest absolute Gasteiger partial charge is 0.223 e. The summed E-state index contributed by atoms with van der Waals surface area (Å²) >= 11 is 0. The predicted molar refractivity (Wildman–Crippen MR) is 159 cm³/mol. The summed E-state index contributed by atoms with van der Waals surface area (Å²) in [5.74, 6) is 0.955. The fourth-order valence-electron chi connectivity index (χ4n) is 6.62. The number of anilines is 2. The Hall–Kier alpha value is -3.28. The molecule has 1 aliphatic carbocycles. The van der Waals surface area contributed by atoms with Crippen LogP contribution in [0.15, 0.2) is 60.7 Å². The zero-order valence-electron chi connectivity index (χ0n) is 24.1. The number of allylic oxidation sites excluding steroid dienone is 2. The van der Waals surface area contributed by atoms with Gasteiger partial charge in [0.25, 0.3) is 0 Å². The van der Waals surface area contributed by atoms with Crippen molar-refractivity contribution >= 4 is 23.2 Å². The van der Waals surface area contributed by atoms with Crippen molar-refractivity contribution in [2.24, 2.45) is 11.8 Å². The van der Waals surface area contributed by atoms with Gasteiger partial charge in [-0.15, -0.1) is 0 Å². The molecule has 0 spiro atoms. The Balaban J connectivity index is 1.06. The van der Waals surface area contributed by atoms with Gasteiger partial charge < -0.3 is 19.6 Å². The molecular formula is C33H44N4O2. The Kier molecular flexibility index (Phi) is 8.29. The second-order valence-electron chi connectivity index (χ2n) is 12.0. The highest BCUT2D eigenvalue weighted by molar-refractivity contribution is 5.78. The molecule has 39 heavy (non-hydrogen) atoms. The third kappa shape index (κ3) is 6.48. The van der Waals surface area contributed by atoms with Crippen LogP contribution < -0.4 is 9.80 Å². The molecule has 208 valence electrons. The summed E-state index contributed by atoms with van der Waals surface area (Å²) in [5.41, 5.74) is 5.01. The van der Waals surface area contributed by atoms with Crippen LogP contribution in [0.3, 0.4) is 0 Å². The van der Waals surface area contributed by atoms with Crippen LogP contribution in [0.5, 0.6) is 0 Å². The highest BCUT2D eigenvalue weighted by atomic mass is 16.2. The maximum absolute atomic E-state index is 13.2. The van der Waals surface area contributed by atoms with Gasteiger partial charge in [0.2, 0.25) is 11.8 Å². The Morgan fingerprint density at radius 2 is 1.13 bits per heavy atom. The van der Waals surface area contributed by atoms with Crippen molar-refractivity contribution in [3.63, 3.8) is 0 Å². The summed E-state index contributed by atoms with van der Waals surface area (Å²) in [6.07, 6.45) is 6.35. The fraction of sp³-hybridized carbons (Fsp3) is 0.515. The number of nitrogens with zero attached hydrogens (tertiary/aromatic N) is 4. The number of carbonyl (C=O) groups is 2. The van der Waals surface area contributed by atoms with Crippen LogP contribution >= 0.6 is 0 Å². The van der Waals surface area contributed by atoms with Crippen molar-refractivity contribution in [3.05, 3.63) is 71.8 Å². The van der Waals surface area contributed by atoms with E-state index in [1.165, 1.54) is 22.5 Å². The average molecular weight is 529 g/mol. The molecule has 4 unspecified atom stereocenters. The SMILES string of the molecule is Cc1cccc(N2CCN(C(=O)CC3C=CC(CC(=O)N4CCN(c5cccc(C)c5)C(C)C4)C3)CC2C)c1. The molecule has 2 amide bonds. The quantitative estimate of drug-likeness (QED) is 0.493. The topological polar surface area (TPSA) is 47.1 Å². The number of benzene rings is 2. The maximum Gasteiger partial charge on any atom is 0.223 e. The monoisotopic (exact) mass is 528 g/mol. The normalized spacial score (nSPS) is 25.3. The molecule has 0 aromatic heterocycles. The van der Waals surface area contributed by atoms with Crippen LogP contribution in [0.25, 0.3) is 0 Å². The number of hydrogen-bond acceptors (Lipinski definition) is 4. The summed E-state index contributed by atoms with van der Waals surface area (Å²) < 4.78 is 0. The van der Waals surface area contributed by atoms with Gasteiger partial charge in [0.15, 0.2) is 0 Å². The lowest BCUT2D eigenvalue weighted by Gasteiger charge is -2.42. The zero-order valence-corrected chi connectivity index (χ0v) is 24.1. The van der Waals surface area contributed by atoms with E-state index in [1.807, 2.05) is 9.80 Å². The number of hydrogen-bond donors (Lipinski definition) is 0. The van der Waals surface area contributed by atoms with E-state index >= 15 is 0 Å². The van der Waals surface area contributed by atoms with E-state index in [2.05, 4.69) is 98.2 Å². The lowest BCUT2D eigenvalue weighted by atomic mass is 9.96. The van der Waals surface area contributed by atoms with Crippen LogP contribution in [0.2, 0.25) is 0 Å². The van der Waals surface area contributed by atoms with Gasteiger partial charge in [-0.2, -0.15) is 0 Å². The van der Waals surface area contributed by atoms with Crippen LogP contribution in [-0.4, -0.2) is 73.0 Å². The van der Waals surface area contributed by atoms with Gasteiger partial charge in [-0.3, -0.25) is 9.59 Å². The average Bonchev–Trinajstić information content (AvgIpc) is 3.34. The largest absolute Gasteiger partial charge is 0.365 e. The van der Waals surface area contributed by atoms with Crippen LogP contribution in [0.1, 0.15) is 44.2 Å². The Morgan fingerprint density at radius 3 is 1.51 bits per heavy atom. The molecule has 2 saturated heterocycles. The molecule has 2 aliphatic heterocycles. The first-order chi connectivity index (χ1) is 18.8. The van der Waals surface area contributed by atoms with E-state index in [9.17, 15) is 9.59 Å². The standard InChI is InChI=1S/C33H44N4O2/c1-24-7-5-9-30(17-24)36-15-13-34(22-26(36)3)32(38)20-28-11-12-29(19-28)21-33(39)35-14-16-37(27(4)23-35)31-10-6-8-25(2)18-31/h5-12,17-18,26-29H,13-16,19-23H2,1-4H3. The third-order valence-electron chi connectivity index (χ3n) is 8.76. The van der Waals surface area contributed by atoms with Crippen molar-refractivity contribution in [1.82, 2.24) is 9.80 Å². The highest BCUT2D eigenvalue weighted by Gasteiger charge is 2.32. The summed E-state index contributed by atoms with van der Waals surface area (Å²) in [4.78, 5) is 35.2. The Bertz CT molecular complexity index is 1120. The first-order valence-electron chi connectivity index (χ1n) is 14.7. The van der Waals surface area contributed by atoms with Crippen molar-refractivity contribution in [1.29, 1.82) is 0 Å². The molecule has 6 heteroatoms. The zero-order chi connectivity index (χ0) is 27.5. The van der Waals surface area contributed by atoms with E-state index in [1.54, 1.807) is 0 Å². The molecule has 2 fully saturated rings. The van der Waals surface area contributed by atoms with Crippen LogP contribution in [0.4, 0.5) is 11.4 Å². The molecule has 2 aromatic carbocycles. The second kappa shape index (κ2) is 11.8. The summed E-state index contributed by atoms with van der Waals surface area (Å²) in [6, 6.07) is 17.8. The van der Waals surface area contributed by atoms with Gasteiger partial charge in [-0.05, 0) is 81.3 Å². The first-order valence-corrected chi connectivity index (χ1v) is 14.7. The minimum Gasteiger partial charge on any atom is -0.365 e. The molecule has 6 nitrogen and oxygen atoms in total. The molecule has 0 bridgehead atoms. The number of piperazine rings is 2. The fourth-order valence-corrected chi connectivity index (χ4v) is 6.62. The number of carbonyl (C=O) groups excluding carboxylic acids is 2. The van der Waals surface area contributed by atoms with Gasteiger partial charge >= 0.3 is 0 Å². The summed E-state index contributed by atoms with van der Waals surface area (Å²) in [6.45, 7) is 13.4. The minimum absolute atomic E-state index is 0.234. The predicted octanol–water partition coefficient (Wildman–Crippen LogP) is 5.05. The molecule has 2 heterocycles. The van der Waals surface area contributed by atoms with Crippen molar-refractivity contribution in [2.75, 3.05) is 49.1 Å². The van der Waals surface area contributed by atoms with Crippen molar-refractivity contribution in [2.45, 2.75) is 59.0 Å². The van der Waals surface area contributed by atoms with E-state index in [0.29, 0.717) is 24.9 Å². The molecule has 4 atom stereocenters. The van der Waals surface area contributed by atoms with Crippen LogP contribution in [0, 0.1) is 25.7 Å². The number of amides is 2. The molecule has 0 saturated carbocycles. The lowest BCUT2D eigenvalue weighted by Crippen LogP contribution is -2.54. The summed E-state index contributed by atoms with van der Waals surface area (Å²) in [5, 5.41) is 0. The summed E-state index contributed by atoms with van der Waals surface area (Å²) in [7, 11) is 0. The first kappa shape index (κ1) is 27.3. The maximum atomic E-state index is 13.2. The highest BCUT2D eigenvalue weighted by Crippen LogP contribution is 2.31. The van der Waals surface area contributed by atoms with E-state index in [4.69, 9.17) is 0 Å². The second-order valence-corrected chi connectivity index (χ2v) is 12.0. The van der Waals surface area contributed by atoms with Gasteiger partial charge in [-0.25, -0.2) is 0 Å². The van der Waals surface area contributed by atoms with E-state index in [-0.39, 0.29) is 23.7 Å². The number of aryl methyl sites for hydroxylation is 2. The van der Waals surface area contributed by atoms with Crippen LogP contribution in [-0.2, 0) is 9.59 Å². The lowest BCUT2D eigenvalue weighted by molar-refractivity contribution is -0.132. The van der Waals surface area contributed by atoms with E-state index in [0.717, 1.165) is 45.7 Å². The minimum atomic E-state index is 0.234. The van der Waals surface area contributed by atoms with Crippen molar-refractivity contribution < 1.29 is 9.59 Å². The van der Waals surface area contributed by atoms with E-state index < -0.39 is 0 Å². The number of rotatable bonds is 6. The molecule has 0 N–H and O–H groups in total. The van der Waals surface area contributed by atoms with Gasteiger partial charge in [0, 0.05) is 75.6 Å². The third-order valence-corrected chi connectivity index (χ3v) is 8.76. The van der Waals surface area contributed by atoms with Gasteiger partial charge in [0.05, 0.1) is 0 Å². The molecule has 2 aromatic rings. The molecule has 5 rings (SSSR count). The molecule has 0 radical (unpaired) electrons. The van der Waals surface area contributed by atoms with Gasteiger partial charge in [-0.1, -0.05) is 36.4 Å². The molecule has 3 aliphatic rings. The molecular weight excluding hydrogens is 484 g/mol.